The van der Waals surface area contributed by atoms with Gasteiger partial charge in [0, 0.05) is 0 Å². The van der Waals surface area contributed by atoms with Gasteiger partial charge in [-0.15, -0.1) is 0 Å². The number of rotatable bonds is 5. The standard InChI is InChI=1S/C28H32NOP/c1-27(2,3)25-20-30-26(29-25)28(4,5)23-18-12-13-19-24(23)31(21-14-8-6-9-15-21)22-16-10-7-11-17-22/h6-19,25H,20H2,1-5H3. The van der Waals surface area contributed by atoms with E-state index in [-0.39, 0.29) is 16.9 Å². The number of nitrogens with zero attached hydrogens (tertiary/aromatic N) is 1. The summed E-state index contributed by atoms with van der Waals surface area (Å²) in [4.78, 5) is 5.05. The first-order valence-electron chi connectivity index (χ1n) is 11.0. The van der Waals surface area contributed by atoms with Crippen LogP contribution in [0.4, 0.5) is 0 Å². The molecule has 0 aliphatic carbocycles. The second-order valence-electron chi connectivity index (χ2n) is 9.78. The van der Waals surface area contributed by atoms with E-state index in [4.69, 9.17) is 9.73 Å². The molecular formula is C28H32NOP. The third kappa shape index (κ3) is 4.46. The van der Waals surface area contributed by atoms with Gasteiger partial charge in [-0.25, -0.2) is 4.99 Å². The van der Waals surface area contributed by atoms with E-state index in [0.717, 1.165) is 5.90 Å². The van der Waals surface area contributed by atoms with E-state index >= 15 is 0 Å². The van der Waals surface area contributed by atoms with Crippen LogP contribution in [0.2, 0.25) is 0 Å². The molecule has 0 fully saturated rings. The van der Waals surface area contributed by atoms with Crippen LogP contribution in [0.1, 0.15) is 40.2 Å². The second-order valence-corrected chi connectivity index (χ2v) is 12.0. The first kappa shape index (κ1) is 21.8. The van der Waals surface area contributed by atoms with Crippen molar-refractivity contribution in [2.75, 3.05) is 6.61 Å². The van der Waals surface area contributed by atoms with Crippen molar-refractivity contribution in [3.63, 3.8) is 0 Å². The minimum atomic E-state index is -0.690. The summed E-state index contributed by atoms with van der Waals surface area (Å²) in [7, 11) is -0.690. The van der Waals surface area contributed by atoms with Crippen molar-refractivity contribution in [3.05, 3.63) is 90.5 Å². The molecule has 0 spiro atoms. The monoisotopic (exact) mass is 429 g/mol. The van der Waals surface area contributed by atoms with Gasteiger partial charge >= 0.3 is 0 Å². The Hall–Kier alpha value is -2.44. The molecule has 1 aliphatic rings. The van der Waals surface area contributed by atoms with Gasteiger partial charge in [-0.1, -0.05) is 106 Å². The maximum Gasteiger partial charge on any atom is 0.194 e. The lowest BCUT2D eigenvalue weighted by molar-refractivity contribution is 0.228. The third-order valence-electron chi connectivity index (χ3n) is 6.03. The summed E-state index contributed by atoms with van der Waals surface area (Å²) in [5.74, 6) is 0.857. The molecule has 0 amide bonds. The first-order valence-corrected chi connectivity index (χ1v) is 12.3. The summed E-state index contributed by atoms with van der Waals surface area (Å²) in [6, 6.07) is 30.8. The van der Waals surface area contributed by atoms with Crippen LogP contribution in [-0.2, 0) is 10.2 Å². The van der Waals surface area contributed by atoms with E-state index in [1.807, 2.05) is 0 Å². The minimum absolute atomic E-state index is 0.0953. The summed E-state index contributed by atoms with van der Waals surface area (Å²) in [6.45, 7) is 11.9. The van der Waals surface area contributed by atoms with Gasteiger partial charge in [-0.3, -0.25) is 0 Å². The number of ether oxygens (including phenoxy) is 1. The van der Waals surface area contributed by atoms with Gasteiger partial charge in [0.25, 0.3) is 0 Å². The van der Waals surface area contributed by atoms with Crippen molar-refractivity contribution in [1.29, 1.82) is 0 Å². The van der Waals surface area contributed by atoms with E-state index in [9.17, 15) is 0 Å². The predicted molar refractivity (Wildman–Crippen MR) is 135 cm³/mol. The third-order valence-corrected chi connectivity index (χ3v) is 8.53. The summed E-state index contributed by atoms with van der Waals surface area (Å²) in [5.41, 5.74) is 1.08. The van der Waals surface area contributed by atoms with Crippen molar-refractivity contribution in [3.8, 4) is 0 Å². The molecule has 1 heterocycles. The van der Waals surface area contributed by atoms with Crippen molar-refractivity contribution in [2.45, 2.75) is 46.1 Å². The van der Waals surface area contributed by atoms with Gasteiger partial charge in [-0.05, 0) is 48.7 Å². The Morgan fingerprint density at radius 1 is 0.742 bits per heavy atom. The first-order chi connectivity index (χ1) is 14.8. The molecule has 0 aromatic heterocycles. The van der Waals surface area contributed by atoms with E-state index in [2.05, 4.69) is 120 Å². The zero-order valence-electron chi connectivity index (χ0n) is 19.2. The molecule has 1 atom stereocenters. The van der Waals surface area contributed by atoms with Gasteiger partial charge in [0.05, 0.1) is 11.5 Å². The van der Waals surface area contributed by atoms with Crippen LogP contribution < -0.4 is 15.9 Å². The Morgan fingerprint density at radius 2 is 1.26 bits per heavy atom. The lowest BCUT2D eigenvalue weighted by Gasteiger charge is -2.30. The van der Waals surface area contributed by atoms with Crippen LogP contribution in [0.5, 0.6) is 0 Å². The highest BCUT2D eigenvalue weighted by atomic mass is 31.1. The molecule has 2 nitrogen and oxygen atoms in total. The summed E-state index contributed by atoms with van der Waals surface area (Å²) < 4.78 is 6.21. The lowest BCUT2D eigenvalue weighted by atomic mass is 9.84. The fourth-order valence-corrected chi connectivity index (χ4v) is 6.68. The molecule has 3 aromatic carbocycles. The molecule has 0 bridgehead atoms. The molecule has 4 rings (SSSR count). The van der Waals surface area contributed by atoms with E-state index in [1.165, 1.54) is 21.5 Å². The highest BCUT2D eigenvalue weighted by Crippen LogP contribution is 2.39. The van der Waals surface area contributed by atoms with Crippen LogP contribution in [-0.4, -0.2) is 18.5 Å². The largest absolute Gasteiger partial charge is 0.478 e. The Labute approximate surface area is 188 Å². The Bertz CT molecular complexity index is 1010. The second kappa shape index (κ2) is 8.60. The number of hydrogen-bond acceptors (Lipinski definition) is 2. The quantitative estimate of drug-likeness (QED) is 0.486. The van der Waals surface area contributed by atoms with Crippen LogP contribution in [0.25, 0.3) is 0 Å². The maximum absolute atomic E-state index is 6.21. The summed E-state index contributed by atoms with van der Waals surface area (Å²) in [6.07, 6.45) is 0. The van der Waals surface area contributed by atoms with E-state index in [1.54, 1.807) is 0 Å². The molecular weight excluding hydrogens is 397 g/mol. The Morgan fingerprint density at radius 3 is 1.77 bits per heavy atom. The molecule has 1 aliphatic heterocycles. The van der Waals surface area contributed by atoms with Crippen molar-refractivity contribution in [1.82, 2.24) is 0 Å². The normalized spacial score (nSPS) is 16.8. The smallest absolute Gasteiger partial charge is 0.194 e. The highest BCUT2D eigenvalue weighted by Gasteiger charge is 2.39. The molecule has 3 heteroatoms. The Kier molecular flexibility index (Phi) is 6.04. The highest BCUT2D eigenvalue weighted by molar-refractivity contribution is 7.79. The van der Waals surface area contributed by atoms with Crippen LogP contribution in [0.15, 0.2) is 89.9 Å². The van der Waals surface area contributed by atoms with Crippen molar-refractivity contribution in [2.24, 2.45) is 10.4 Å². The van der Waals surface area contributed by atoms with Gasteiger partial charge in [-0.2, -0.15) is 0 Å². The van der Waals surface area contributed by atoms with Gasteiger partial charge in [0.1, 0.15) is 6.61 Å². The lowest BCUT2D eigenvalue weighted by Crippen LogP contribution is -2.36. The zero-order valence-corrected chi connectivity index (χ0v) is 20.1. The molecule has 31 heavy (non-hydrogen) atoms. The van der Waals surface area contributed by atoms with Crippen molar-refractivity contribution >= 4 is 29.7 Å². The summed E-state index contributed by atoms with van der Waals surface area (Å²) >= 11 is 0. The summed E-state index contributed by atoms with van der Waals surface area (Å²) in [5, 5.41) is 4.08. The van der Waals surface area contributed by atoms with Crippen LogP contribution in [0.3, 0.4) is 0 Å². The molecule has 0 radical (unpaired) electrons. The topological polar surface area (TPSA) is 21.6 Å². The molecule has 3 aromatic rings. The zero-order chi connectivity index (χ0) is 22.1. The SMILES string of the molecule is CC(C)(C1=NC(C(C)(C)C)CO1)c1ccccc1P(c1ccccc1)c1ccccc1. The molecule has 0 N–H and O–H groups in total. The number of benzene rings is 3. The van der Waals surface area contributed by atoms with Crippen LogP contribution in [0, 0.1) is 5.41 Å². The number of aliphatic imine (C=N–C) groups is 1. The van der Waals surface area contributed by atoms with E-state index < -0.39 is 7.92 Å². The van der Waals surface area contributed by atoms with Crippen LogP contribution >= 0.6 is 7.92 Å². The number of hydrogen-bond donors (Lipinski definition) is 0. The molecule has 160 valence electrons. The molecule has 1 unspecified atom stereocenters. The fraction of sp³-hybridized carbons (Fsp3) is 0.321. The molecule has 0 saturated heterocycles. The van der Waals surface area contributed by atoms with Gasteiger partial charge < -0.3 is 4.74 Å². The van der Waals surface area contributed by atoms with E-state index in [0.29, 0.717) is 6.61 Å². The predicted octanol–water partition coefficient (Wildman–Crippen LogP) is 5.57. The maximum atomic E-state index is 6.21. The average molecular weight is 430 g/mol. The van der Waals surface area contributed by atoms with Gasteiger partial charge in [0.15, 0.2) is 5.90 Å². The minimum Gasteiger partial charge on any atom is -0.478 e. The van der Waals surface area contributed by atoms with Gasteiger partial charge in [0.2, 0.25) is 0 Å². The molecule has 0 saturated carbocycles. The Balaban J connectivity index is 1.84. The fourth-order valence-electron chi connectivity index (χ4n) is 4.05. The van der Waals surface area contributed by atoms with Crippen molar-refractivity contribution < 1.29 is 4.74 Å². The average Bonchev–Trinajstić information content (AvgIpc) is 3.28.